The maximum atomic E-state index is 14.0. The van der Waals surface area contributed by atoms with E-state index in [0.717, 1.165) is 32.4 Å². The molecule has 1 aliphatic heterocycles. The molecule has 0 aliphatic carbocycles. The first-order valence-corrected chi connectivity index (χ1v) is 5.02. The van der Waals surface area contributed by atoms with Gasteiger partial charge in [0.25, 0.3) is 0 Å². The zero-order chi connectivity index (χ0) is 9.03. The van der Waals surface area contributed by atoms with Crippen molar-refractivity contribution in [3.8, 4) is 0 Å². The van der Waals surface area contributed by atoms with Gasteiger partial charge in [0.15, 0.2) is 0 Å². The summed E-state index contributed by atoms with van der Waals surface area (Å²) in [6, 6.07) is 0. The molecule has 1 N–H and O–H groups in total. The van der Waals surface area contributed by atoms with Gasteiger partial charge in [-0.25, -0.2) is 4.39 Å². The summed E-state index contributed by atoms with van der Waals surface area (Å²) in [6.45, 7) is 6.03. The number of hydrogen-bond acceptors (Lipinski definition) is 1. The average Bonchev–Trinajstić information content (AvgIpc) is 2.12. The summed E-state index contributed by atoms with van der Waals surface area (Å²) in [5.74, 6) is 0.480. The lowest BCUT2D eigenvalue weighted by atomic mass is 9.88. The first kappa shape index (κ1) is 9.97. The third kappa shape index (κ3) is 3.10. The molecule has 1 unspecified atom stereocenters. The molecule has 0 radical (unpaired) electrons. The molecule has 0 aromatic carbocycles. The van der Waals surface area contributed by atoms with Gasteiger partial charge in [-0.15, -0.1) is 0 Å². The maximum absolute atomic E-state index is 14.0. The quantitative estimate of drug-likeness (QED) is 0.676. The third-order valence-corrected chi connectivity index (χ3v) is 2.50. The van der Waals surface area contributed by atoms with Crippen molar-refractivity contribution in [3.63, 3.8) is 0 Å². The Morgan fingerprint density at radius 1 is 1.33 bits per heavy atom. The van der Waals surface area contributed by atoms with Crippen LogP contribution in [0, 0.1) is 5.92 Å². The minimum absolute atomic E-state index is 0.480. The van der Waals surface area contributed by atoms with E-state index in [9.17, 15) is 4.39 Å². The molecule has 0 aromatic heterocycles. The van der Waals surface area contributed by atoms with Gasteiger partial charge >= 0.3 is 0 Å². The van der Waals surface area contributed by atoms with E-state index < -0.39 is 5.67 Å². The molecule has 2 heteroatoms. The van der Waals surface area contributed by atoms with Gasteiger partial charge in [0.1, 0.15) is 5.67 Å². The van der Waals surface area contributed by atoms with Crippen molar-refractivity contribution in [2.75, 3.05) is 13.1 Å². The van der Waals surface area contributed by atoms with Crippen LogP contribution in [0.4, 0.5) is 4.39 Å². The lowest BCUT2D eigenvalue weighted by Crippen LogP contribution is -2.26. The highest BCUT2D eigenvalue weighted by Crippen LogP contribution is 2.31. The van der Waals surface area contributed by atoms with Crippen molar-refractivity contribution in [2.24, 2.45) is 5.92 Å². The molecule has 1 nitrogen and oxygen atoms in total. The van der Waals surface area contributed by atoms with E-state index in [2.05, 4.69) is 19.2 Å². The normalized spacial score (nSPS) is 32.0. The Morgan fingerprint density at radius 2 is 2.08 bits per heavy atom. The van der Waals surface area contributed by atoms with Crippen LogP contribution in [0.3, 0.4) is 0 Å². The second-order valence-electron chi connectivity index (χ2n) is 4.35. The predicted octanol–water partition coefficient (Wildman–Crippen LogP) is 2.51. The van der Waals surface area contributed by atoms with Gasteiger partial charge in [-0.3, -0.25) is 0 Å². The maximum Gasteiger partial charge on any atom is 0.112 e. The number of alkyl halides is 1. The van der Waals surface area contributed by atoms with Crippen molar-refractivity contribution >= 4 is 0 Å². The molecule has 0 bridgehead atoms. The molecule has 0 spiro atoms. The minimum Gasteiger partial charge on any atom is -0.317 e. The van der Waals surface area contributed by atoms with Crippen molar-refractivity contribution in [3.05, 3.63) is 0 Å². The second-order valence-corrected chi connectivity index (χ2v) is 4.35. The van der Waals surface area contributed by atoms with Crippen LogP contribution in [0.1, 0.15) is 39.5 Å². The van der Waals surface area contributed by atoms with Crippen molar-refractivity contribution in [1.29, 1.82) is 0 Å². The molecule has 1 fully saturated rings. The van der Waals surface area contributed by atoms with E-state index in [1.165, 1.54) is 0 Å². The Kier molecular flexibility index (Phi) is 3.51. The molecule has 1 saturated heterocycles. The van der Waals surface area contributed by atoms with Crippen molar-refractivity contribution in [2.45, 2.75) is 45.2 Å². The zero-order valence-electron chi connectivity index (χ0n) is 8.20. The van der Waals surface area contributed by atoms with Crippen LogP contribution >= 0.6 is 0 Å². The second kappa shape index (κ2) is 4.22. The molecule has 0 saturated carbocycles. The van der Waals surface area contributed by atoms with Crippen LogP contribution in [-0.2, 0) is 0 Å². The van der Waals surface area contributed by atoms with Crippen LogP contribution in [0.5, 0.6) is 0 Å². The van der Waals surface area contributed by atoms with E-state index >= 15 is 0 Å². The SMILES string of the molecule is CC(C)CC1(F)CCCNCC1. The van der Waals surface area contributed by atoms with Gasteiger partial charge in [0, 0.05) is 0 Å². The standard InChI is InChI=1S/C10H20FN/c1-9(2)8-10(11)4-3-6-12-7-5-10/h9,12H,3-8H2,1-2H3. The summed E-state index contributed by atoms with van der Waals surface area (Å²) in [7, 11) is 0. The number of hydrogen-bond donors (Lipinski definition) is 1. The molecule has 0 amide bonds. The molecule has 72 valence electrons. The molecular formula is C10H20FN. The third-order valence-electron chi connectivity index (χ3n) is 2.50. The minimum atomic E-state index is -0.877. The Hall–Kier alpha value is -0.110. The molecule has 1 rings (SSSR count). The van der Waals surface area contributed by atoms with E-state index in [1.54, 1.807) is 0 Å². The average molecular weight is 173 g/mol. The summed E-state index contributed by atoms with van der Waals surface area (Å²) < 4.78 is 14.0. The summed E-state index contributed by atoms with van der Waals surface area (Å²) in [5, 5.41) is 3.24. The molecule has 12 heavy (non-hydrogen) atoms. The number of nitrogens with one attached hydrogen (secondary N) is 1. The summed E-state index contributed by atoms with van der Waals surface area (Å²) in [6.07, 6.45) is 3.17. The molecule has 1 heterocycles. The Labute approximate surface area is 74.7 Å². The summed E-state index contributed by atoms with van der Waals surface area (Å²) in [4.78, 5) is 0. The molecule has 0 aromatic rings. The van der Waals surface area contributed by atoms with Crippen LogP contribution in [0.25, 0.3) is 0 Å². The smallest absolute Gasteiger partial charge is 0.112 e. The Morgan fingerprint density at radius 3 is 2.75 bits per heavy atom. The van der Waals surface area contributed by atoms with Crippen LogP contribution < -0.4 is 5.32 Å². The fourth-order valence-electron chi connectivity index (χ4n) is 2.03. The van der Waals surface area contributed by atoms with Gasteiger partial charge in [-0.05, 0) is 44.7 Å². The molecule has 1 atom stereocenters. The molecular weight excluding hydrogens is 153 g/mol. The van der Waals surface area contributed by atoms with E-state index in [-0.39, 0.29) is 0 Å². The van der Waals surface area contributed by atoms with Crippen LogP contribution in [0.15, 0.2) is 0 Å². The Bertz CT molecular complexity index is 126. The largest absolute Gasteiger partial charge is 0.317 e. The summed E-state index contributed by atoms with van der Waals surface area (Å²) >= 11 is 0. The number of halogens is 1. The van der Waals surface area contributed by atoms with Gasteiger partial charge in [-0.2, -0.15) is 0 Å². The van der Waals surface area contributed by atoms with Crippen LogP contribution in [0.2, 0.25) is 0 Å². The lowest BCUT2D eigenvalue weighted by Gasteiger charge is -2.24. The van der Waals surface area contributed by atoms with Gasteiger partial charge in [0.05, 0.1) is 0 Å². The van der Waals surface area contributed by atoms with E-state index in [1.807, 2.05) is 0 Å². The zero-order valence-corrected chi connectivity index (χ0v) is 8.20. The predicted molar refractivity (Wildman–Crippen MR) is 50.0 cm³/mol. The number of rotatable bonds is 2. The van der Waals surface area contributed by atoms with Gasteiger partial charge in [0.2, 0.25) is 0 Å². The van der Waals surface area contributed by atoms with Crippen LogP contribution in [-0.4, -0.2) is 18.8 Å². The van der Waals surface area contributed by atoms with Crippen molar-refractivity contribution < 1.29 is 4.39 Å². The first-order chi connectivity index (χ1) is 5.62. The summed E-state index contributed by atoms with van der Waals surface area (Å²) in [5.41, 5.74) is -0.877. The molecule has 1 aliphatic rings. The van der Waals surface area contributed by atoms with Gasteiger partial charge < -0.3 is 5.32 Å². The lowest BCUT2D eigenvalue weighted by molar-refractivity contribution is 0.114. The van der Waals surface area contributed by atoms with E-state index in [4.69, 9.17) is 0 Å². The fraction of sp³-hybridized carbons (Fsp3) is 1.00. The van der Waals surface area contributed by atoms with Gasteiger partial charge in [-0.1, -0.05) is 13.8 Å². The topological polar surface area (TPSA) is 12.0 Å². The highest BCUT2D eigenvalue weighted by Gasteiger charge is 2.30. The van der Waals surface area contributed by atoms with E-state index in [0.29, 0.717) is 12.3 Å². The highest BCUT2D eigenvalue weighted by molar-refractivity contribution is 4.83. The fourth-order valence-corrected chi connectivity index (χ4v) is 2.03. The first-order valence-electron chi connectivity index (χ1n) is 5.02. The Balaban J connectivity index is 2.42. The monoisotopic (exact) mass is 173 g/mol. The van der Waals surface area contributed by atoms with Crippen molar-refractivity contribution in [1.82, 2.24) is 5.32 Å². The highest BCUT2D eigenvalue weighted by atomic mass is 19.1.